The van der Waals surface area contributed by atoms with E-state index >= 15 is 0 Å². The van der Waals surface area contributed by atoms with Crippen molar-refractivity contribution in [3.05, 3.63) is 88.4 Å². The second-order valence-electron chi connectivity index (χ2n) is 29.4. The second-order valence-corrected chi connectivity index (χ2v) is 30.3. The summed E-state index contributed by atoms with van der Waals surface area (Å²) in [5.74, 6) is 1.63. The first-order chi connectivity index (χ1) is 51.4. The Morgan fingerprint density at radius 1 is 0.360 bits per heavy atom. The zero-order valence-electron chi connectivity index (χ0n) is 63.0. The fourth-order valence-corrected chi connectivity index (χ4v) is 17.3. The highest BCUT2D eigenvalue weighted by Crippen LogP contribution is 2.38. The van der Waals surface area contributed by atoms with Crippen LogP contribution in [0, 0.1) is 0 Å². The molecule has 4 heterocycles. The monoisotopic (exact) mass is 1400 g/mol. The molecule has 0 amide bonds. The number of alkyl halides is 3. The molecule has 7 nitrogen and oxygen atoms in total. The Morgan fingerprint density at radius 2 is 0.586 bits per heavy atom. The topological polar surface area (TPSA) is 66.1 Å². The maximum atomic E-state index is 12.3. The third-order valence-electron chi connectivity index (χ3n) is 21.1. The lowest BCUT2D eigenvalue weighted by atomic mass is 8.21. The van der Waals surface area contributed by atoms with Crippen molar-refractivity contribution in [1.29, 1.82) is 0 Å². The van der Waals surface area contributed by atoms with Gasteiger partial charge in [0.2, 0.25) is 0 Å². The van der Waals surface area contributed by atoms with Crippen LogP contribution in [0.1, 0.15) is 35.4 Å². The molecule has 1 N–H and O–H groups in total. The molecule has 72 radical (unpaired) electrons. The highest BCUT2D eigenvalue weighted by atomic mass is 79.9. The largest absolute Gasteiger partial charge is 0.493 e. The zero-order chi connectivity index (χ0) is 84.6. The Labute approximate surface area is 733 Å². The molecule has 0 aliphatic carbocycles. The first-order valence-corrected chi connectivity index (χ1v) is 36.8. The van der Waals surface area contributed by atoms with E-state index in [1.54, 1.807) is 24.5 Å². The number of benzene rings is 2. The minimum atomic E-state index is -4.25. The van der Waals surface area contributed by atoms with E-state index in [1.807, 2.05) is 60.2 Å². The number of imidazole rings is 2. The number of ether oxygens (including phenoxy) is 2. The number of aryl methyl sites for hydroxylation is 2. The van der Waals surface area contributed by atoms with Gasteiger partial charge in [-0.15, -0.1) is 0 Å². The quantitative estimate of drug-likeness (QED) is 0.0456. The van der Waals surface area contributed by atoms with Crippen LogP contribution in [0.2, 0.25) is 0 Å². The summed E-state index contributed by atoms with van der Waals surface area (Å²) in [6.07, 6.45) is -44.2. The van der Waals surface area contributed by atoms with Gasteiger partial charge >= 0.3 is 6.18 Å². The van der Waals surface area contributed by atoms with Gasteiger partial charge in [-0.3, -0.25) is 0 Å². The molecule has 0 spiro atoms. The van der Waals surface area contributed by atoms with Gasteiger partial charge in [-0.2, -0.15) is 13.2 Å². The zero-order valence-corrected chi connectivity index (χ0v) is 64.6. The van der Waals surface area contributed by atoms with E-state index in [2.05, 4.69) is 43.4 Å². The lowest BCUT2D eigenvalue weighted by molar-refractivity contribution is -0.115. The highest BCUT2D eigenvalue weighted by Gasteiger charge is 2.64. The molecule has 0 saturated heterocycles. The molecule has 2 aliphatic rings. The van der Waals surface area contributed by atoms with Crippen molar-refractivity contribution >= 4 is 541 Å². The number of fused-ring (bicyclic) bond motifs is 2. The number of rotatable bonds is 37. The standard InChI is InChI=1S/C16H16F3N3O.C14H13BrN2O.B70/c1-22-8-13(21-10-22)6-11-4-5-23-15-3-2-12(7-14(11)15)20-9-16(17,18)19;1-17-8-12(16-9-17)6-10-4-5-18-14-3-2-11(15)7-13(10)14;1-37(2)55(38(3)4)64(56(39(5)6)40(7)8)68(63(53(33)34)54(35)36)70(67(61(49(25)26)50(27)28)62(51(29)30)52(31)32)69(65(57(41(9)10)42(11)12)58(43(13)14)44(15)16)66(59(45(17)18)46(19)20)60(47(21)22)48(23)24/h2-3,6-8,10,20H,4-5,9H2,1H3;2-3,6-9H,4-5H2,1H3;/b11-6+;10-6+;. The summed E-state index contributed by atoms with van der Waals surface area (Å²) in [5.41, 5.74) is 6.44. The number of hydrogen-bond acceptors (Lipinski definition) is 5. The minimum Gasteiger partial charge on any atom is -0.493 e. The van der Waals surface area contributed by atoms with Crippen LogP contribution in [-0.2, 0) is 14.1 Å². The summed E-state index contributed by atoms with van der Waals surface area (Å²) in [7, 11) is 246. The van der Waals surface area contributed by atoms with Crippen molar-refractivity contribution in [1.82, 2.24) is 19.1 Å². The molecule has 111 heavy (non-hydrogen) atoms. The van der Waals surface area contributed by atoms with Crippen LogP contribution in [0.15, 0.2) is 65.9 Å². The molecule has 2 aromatic heterocycles. The summed E-state index contributed by atoms with van der Waals surface area (Å²) in [4.78, 5) is 8.59. The van der Waals surface area contributed by atoms with Gasteiger partial charge < -0.3 is 23.9 Å². The third-order valence-corrected chi connectivity index (χ3v) is 21.6. The normalized spacial score (nSPS) is 12.2. The van der Waals surface area contributed by atoms with E-state index in [1.165, 1.54) is 5.57 Å². The van der Waals surface area contributed by atoms with Crippen molar-refractivity contribution in [3.63, 3.8) is 0 Å². The molecule has 424 valence electrons. The van der Waals surface area contributed by atoms with E-state index in [9.17, 15) is 13.2 Å². The molecule has 0 saturated carbocycles. The van der Waals surface area contributed by atoms with Gasteiger partial charge in [0, 0.05) is 556 Å². The van der Waals surface area contributed by atoms with Crippen LogP contribution < -0.4 is 14.8 Å². The molecule has 0 bridgehead atoms. The first kappa shape index (κ1) is 104. The predicted octanol–water partition coefficient (Wildman–Crippen LogP) is -19.4. The summed E-state index contributed by atoms with van der Waals surface area (Å²) >= 11 is 3.50. The average molecular weight is 1390 g/mol. The Morgan fingerprint density at radius 3 is 0.811 bits per heavy atom. The van der Waals surface area contributed by atoms with Crippen LogP contribution in [0.25, 0.3) is 23.3 Å². The Bertz CT molecular complexity index is 3260. The number of nitrogens with zero attached hydrogens (tertiary/aromatic N) is 4. The van der Waals surface area contributed by atoms with E-state index < -0.39 is 230 Å². The average Bonchev–Trinajstić information content (AvgIpc) is 1.15. The number of hydrogen-bond donors (Lipinski definition) is 1. The van der Waals surface area contributed by atoms with Gasteiger partial charge in [-0.1, -0.05) is 15.9 Å². The van der Waals surface area contributed by atoms with Gasteiger partial charge in [0.25, 0.3) is 0 Å². The maximum absolute atomic E-state index is 12.3. The molecule has 2 aliphatic heterocycles. The van der Waals surface area contributed by atoms with Crippen molar-refractivity contribution in [2.45, 2.75) is 19.0 Å². The van der Waals surface area contributed by atoms with E-state index in [4.69, 9.17) is 288 Å². The second kappa shape index (κ2) is 47.8. The Kier molecular flexibility index (Phi) is 44.8. The molecule has 6 rings (SSSR count). The molecule has 2 aromatic carbocycles. The third kappa shape index (κ3) is 29.4. The van der Waals surface area contributed by atoms with Crippen molar-refractivity contribution in [2.24, 2.45) is 14.1 Å². The fraction of sp³-hybridized carbons (Fsp3) is 0.267. The van der Waals surface area contributed by atoms with Gasteiger partial charge in [-0.05, 0) is 59.7 Å². The molecule has 0 unspecified atom stereocenters. The molecular weight excluding hydrogens is 1360 g/mol. The summed E-state index contributed by atoms with van der Waals surface area (Å²) in [6, 6.07) is 11.1. The predicted molar refractivity (Wildman–Crippen MR) is 560 cm³/mol. The molecule has 4 aromatic rings. The SMILES string of the molecule is Cn1cnc(/C=C2\CCOc3ccc(Br)cc32)c1.Cn1cnc(/C=C2\CCOc3ccc(NCC(F)(F)F)cc32)c1.[B]B([B])B(B([B])[B])B(B(B([B])[B])B([B])[B])B(B(B([B])[B])B([B])[B])B(B(B(B([B])[B])B([B])[B])B(B([B])[B])B([B])[B])B(B(B(B([B])[B])B([B])[B])B(B([B])[B])B([B])[B])B(B(B([B])[B])B([B])[B])B(B([B])[B])B([B])[B]. The van der Waals surface area contributed by atoms with Gasteiger partial charge in [0.1, 0.15) is 18.0 Å². The van der Waals surface area contributed by atoms with Crippen LogP contribution in [0.4, 0.5) is 18.9 Å². The van der Waals surface area contributed by atoms with Crippen LogP contribution >= 0.6 is 15.9 Å². The Balaban J connectivity index is 0.000000498. The molecular formula is C30H29B70BrF3N5O2. The Hall–Kier alpha value is 0.555. The summed E-state index contributed by atoms with van der Waals surface area (Å²) in [5, 5.41) is 2.40. The molecule has 0 fully saturated rings. The van der Waals surface area contributed by atoms with Gasteiger partial charge in [0.05, 0.1) is 37.3 Å². The van der Waals surface area contributed by atoms with Crippen LogP contribution in [0.5, 0.6) is 11.5 Å². The minimum absolute atomic E-state index is 0.415. The molecule has 0 atom stereocenters. The smallest absolute Gasteiger partial charge is 0.405 e. The van der Waals surface area contributed by atoms with Gasteiger partial charge in [0.15, 0.2) is 0 Å². The summed E-state index contributed by atoms with van der Waals surface area (Å²) < 4.78 is 53.1. The van der Waals surface area contributed by atoms with Crippen LogP contribution in [-0.4, -0.2) is 541 Å². The van der Waals surface area contributed by atoms with Crippen molar-refractivity contribution in [2.75, 3.05) is 25.1 Å². The van der Waals surface area contributed by atoms with Gasteiger partial charge in [-0.25, -0.2) is 9.97 Å². The lowest BCUT2D eigenvalue weighted by Gasteiger charge is -2.60. The van der Waals surface area contributed by atoms with Crippen molar-refractivity contribution in [3.8, 4) is 11.5 Å². The van der Waals surface area contributed by atoms with E-state index in [0.717, 1.165) is 51.3 Å². The van der Waals surface area contributed by atoms with Crippen LogP contribution in [0.3, 0.4) is 0 Å². The number of anilines is 1. The maximum Gasteiger partial charge on any atom is 0.405 e. The first-order valence-electron chi connectivity index (χ1n) is 36.0. The number of aromatic nitrogens is 4. The highest BCUT2D eigenvalue weighted by molar-refractivity contribution is 9.10. The number of nitrogens with one attached hydrogen (secondary N) is 1. The van der Waals surface area contributed by atoms with E-state index in [-0.39, 0.29) is 0 Å². The fourth-order valence-electron chi connectivity index (χ4n) is 16.9. The lowest BCUT2D eigenvalue weighted by Crippen LogP contribution is -2.98. The summed E-state index contributed by atoms with van der Waals surface area (Å²) in [6.45, 7) is 0.209. The molecule has 81 heteroatoms. The number of halogens is 4. The van der Waals surface area contributed by atoms with E-state index in [0.29, 0.717) is 24.5 Å². The van der Waals surface area contributed by atoms with Crippen molar-refractivity contribution < 1.29 is 22.6 Å².